The normalized spacial score (nSPS) is 12.4. The average molecular weight is 400 g/mol. The molecule has 0 aromatic heterocycles. The Morgan fingerprint density at radius 3 is 2.21 bits per heavy atom. The number of hydrogen-bond acceptors (Lipinski definition) is 2. The predicted molar refractivity (Wildman–Crippen MR) is 104 cm³/mol. The first-order valence-corrected chi connectivity index (χ1v) is 8.96. The zero-order chi connectivity index (χ0) is 21.0. The van der Waals surface area contributed by atoms with E-state index in [2.05, 4.69) is 0 Å². The van der Waals surface area contributed by atoms with Crippen LogP contribution in [0.5, 0.6) is 5.75 Å². The predicted octanol–water partition coefficient (Wildman–Crippen LogP) is 6.14. The number of ether oxygens (including phenoxy) is 1. The molecular weight excluding hydrogens is 381 g/mol. The molecule has 6 heteroatoms. The van der Waals surface area contributed by atoms with E-state index in [0.29, 0.717) is 22.4 Å². The molecule has 0 radical (unpaired) electrons. The number of hydrogen-bond donors (Lipinski definition) is 1. The summed E-state index contributed by atoms with van der Waals surface area (Å²) in [7, 11) is 0. The molecule has 0 spiro atoms. The van der Waals surface area contributed by atoms with Crippen molar-refractivity contribution in [3.63, 3.8) is 0 Å². The molecule has 3 rings (SSSR count). The highest BCUT2D eigenvalue weighted by Gasteiger charge is 2.30. The van der Waals surface area contributed by atoms with Crippen LogP contribution in [0.1, 0.15) is 29.5 Å². The minimum Gasteiger partial charge on any atom is -0.489 e. The summed E-state index contributed by atoms with van der Waals surface area (Å²) < 4.78 is 44.3. The van der Waals surface area contributed by atoms with Crippen molar-refractivity contribution in [2.45, 2.75) is 25.6 Å². The van der Waals surface area contributed by atoms with Crippen LogP contribution in [0.15, 0.2) is 72.8 Å². The Morgan fingerprint density at radius 1 is 0.966 bits per heavy atom. The molecule has 0 fully saturated rings. The molecule has 0 aliphatic carbocycles. The maximum Gasteiger partial charge on any atom is 0.416 e. The Bertz CT molecular complexity index is 980. The molecule has 3 aromatic rings. The van der Waals surface area contributed by atoms with Crippen molar-refractivity contribution in [1.82, 2.24) is 0 Å². The second kappa shape index (κ2) is 8.39. The highest BCUT2D eigenvalue weighted by molar-refractivity contribution is 5.77. The van der Waals surface area contributed by atoms with Gasteiger partial charge in [0, 0.05) is 0 Å². The minimum atomic E-state index is -4.41. The first kappa shape index (κ1) is 20.5. The third-order valence-electron chi connectivity index (χ3n) is 4.59. The summed E-state index contributed by atoms with van der Waals surface area (Å²) >= 11 is 0. The van der Waals surface area contributed by atoms with E-state index < -0.39 is 23.6 Å². The van der Waals surface area contributed by atoms with Crippen molar-refractivity contribution in [1.29, 1.82) is 0 Å². The van der Waals surface area contributed by atoms with Crippen LogP contribution in [-0.2, 0) is 17.6 Å². The molecule has 150 valence electrons. The number of carboxylic acids is 1. The molecule has 0 saturated heterocycles. The van der Waals surface area contributed by atoms with E-state index in [1.54, 1.807) is 25.1 Å². The van der Waals surface area contributed by atoms with Gasteiger partial charge in [-0.05, 0) is 53.4 Å². The maximum absolute atomic E-state index is 12.8. The summed E-state index contributed by atoms with van der Waals surface area (Å²) in [4.78, 5) is 11.4. The summed E-state index contributed by atoms with van der Waals surface area (Å²) in [5.41, 5.74) is 1.85. The molecule has 3 nitrogen and oxygen atoms in total. The highest BCUT2D eigenvalue weighted by Crippen LogP contribution is 2.33. The molecule has 0 aliphatic heterocycles. The zero-order valence-corrected chi connectivity index (χ0v) is 15.6. The van der Waals surface area contributed by atoms with Gasteiger partial charge in [-0.2, -0.15) is 13.2 Å². The lowest BCUT2D eigenvalue weighted by molar-refractivity contribution is -0.138. The second-order valence-electron chi connectivity index (χ2n) is 6.70. The molecule has 3 aromatic carbocycles. The smallest absolute Gasteiger partial charge is 0.416 e. The summed E-state index contributed by atoms with van der Waals surface area (Å²) in [6, 6.07) is 19.2. The molecule has 0 bridgehead atoms. The summed E-state index contributed by atoms with van der Waals surface area (Å²) in [6.45, 7) is 1.84. The number of rotatable bonds is 6. The van der Waals surface area contributed by atoms with Gasteiger partial charge in [-0.25, -0.2) is 0 Å². The lowest BCUT2D eigenvalue weighted by Gasteiger charge is -2.14. The Kier molecular flexibility index (Phi) is 5.92. The molecule has 1 N–H and O–H groups in total. The lowest BCUT2D eigenvalue weighted by Crippen LogP contribution is -2.08. The Balaban J connectivity index is 1.94. The van der Waals surface area contributed by atoms with Crippen LogP contribution in [0, 0.1) is 0 Å². The lowest BCUT2D eigenvalue weighted by atomic mass is 9.95. The van der Waals surface area contributed by atoms with Crippen molar-refractivity contribution in [2.75, 3.05) is 0 Å². The number of halogens is 3. The van der Waals surface area contributed by atoms with Crippen LogP contribution >= 0.6 is 0 Å². The quantitative estimate of drug-likeness (QED) is 0.541. The van der Waals surface area contributed by atoms with E-state index in [1.807, 2.05) is 30.3 Å². The Labute approximate surface area is 166 Å². The van der Waals surface area contributed by atoms with E-state index in [4.69, 9.17) is 4.74 Å². The third-order valence-corrected chi connectivity index (χ3v) is 4.59. The van der Waals surface area contributed by atoms with E-state index >= 15 is 0 Å². The van der Waals surface area contributed by atoms with Gasteiger partial charge in [-0.1, -0.05) is 48.5 Å². The van der Waals surface area contributed by atoms with Gasteiger partial charge in [-0.3, -0.25) is 4.79 Å². The molecule has 0 amide bonds. The average Bonchev–Trinajstić information content (AvgIpc) is 2.71. The first-order chi connectivity index (χ1) is 13.7. The Hall–Kier alpha value is -3.28. The SMILES string of the molecule is C[C@H](C(=O)O)c1cc(OCc2ccccc2)cc(-c2ccc(C(F)(F)F)cc2)c1. The molecule has 0 unspecified atom stereocenters. The highest BCUT2D eigenvalue weighted by atomic mass is 19.4. The summed E-state index contributed by atoms with van der Waals surface area (Å²) in [5, 5.41) is 9.36. The first-order valence-electron chi connectivity index (χ1n) is 8.96. The van der Waals surface area contributed by atoms with Gasteiger partial charge in [-0.15, -0.1) is 0 Å². The standard InChI is InChI=1S/C23H19F3O3/c1-15(22(27)28)18-11-19(17-7-9-20(10-8-17)23(24,25)26)13-21(12-18)29-14-16-5-3-2-4-6-16/h2-13,15H,14H2,1H3,(H,27,28)/t15-/m0/s1. The van der Waals surface area contributed by atoms with Gasteiger partial charge in [0.05, 0.1) is 11.5 Å². The molecule has 1 atom stereocenters. The van der Waals surface area contributed by atoms with Crippen molar-refractivity contribution < 1.29 is 27.8 Å². The summed E-state index contributed by atoms with van der Waals surface area (Å²) in [6.07, 6.45) is -4.41. The van der Waals surface area contributed by atoms with Gasteiger partial charge in [0.1, 0.15) is 12.4 Å². The van der Waals surface area contributed by atoms with E-state index in [1.165, 1.54) is 12.1 Å². The van der Waals surface area contributed by atoms with Gasteiger partial charge < -0.3 is 9.84 Å². The fourth-order valence-electron chi connectivity index (χ4n) is 2.86. The largest absolute Gasteiger partial charge is 0.489 e. The molecule has 0 heterocycles. The van der Waals surface area contributed by atoms with Crippen molar-refractivity contribution in [3.05, 3.63) is 89.5 Å². The topological polar surface area (TPSA) is 46.5 Å². The van der Waals surface area contributed by atoms with Crippen LogP contribution < -0.4 is 4.74 Å². The monoisotopic (exact) mass is 400 g/mol. The van der Waals surface area contributed by atoms with Crippen LogP contribution in [0.4, 0.5) is 13.2 Å². The maximum atomic E-state index is 12.8. The van der Waals surface area contributed by atoms with Crippen LogP contribution in [-0.4, -0.2) is 11.1 Å². The van der Waals surface area contributed by atoms with Gasteiger partial charge in [0.15, 0.2) is 0 Å². The number of aliphatic carboxylic acids is 1. The van der Waals surface area contributed by atoms with Crippen molar-refractivity contribution >= 4 is 5.97 Å². The fraction of sp³-hybridized carbons (Fsp3) is 0.174. The zero-order valence-electron chi connectivity index (χ0n) is 15.6. The van der Waals surface area contributed by atoms with Gasteiger partial charge in [0.2, 0.25) is 0 Å². The van der Waals surface area contributed by atoms with Crippen molar-refractivity contribution in [2.24, 2.45) is 0 Å². The van der Waals surface area contributed by atoms with E-state index in [0.717, 1.165) is 17.7 Å². The molecule has 29 heavy (non-hydrogen) atoms. The van der Waals surface area contributed by atoms with E-state index in [-0.39, 0.29) is 6.61 Å². The second-order valence-corrected chi connectivity index (χ2v) is 6.70. The van der Waals surface area contributed by atoms with Gasteiger partial charge >= 0.3 is 12.1 Å². The number of alkyl halides is 3. The molecular formula is C23H19F3O3. The van der Waals surface area contributed by atoms with Gasteiger partial charge in [0.25, 0.3) is 0 Å². The number of carboxylic acid groups (broad SMARTS) is 1. The summed E-state index contributed by atoms with van der Waals surface area (Å²) in [5.74, 6) is -1.33. The van der Waals surface area contributed by atoms with Crippen LogP contribution in [0.2, 0.25) is 0 Å². The number of carbonyl (C=O) groups is 1. The Morgan fingerprint density at radius 2 is 1.62 bits per heavy atom. The van der Waals surface area contributed by atoms with Crippen LogP contribution in [0.3, 0.4) is 0 Å². The van der Waals surface area contributed by atoms with E-state index in [9.17, 15) is 23.1 Å². The van der Waals surface area contributed by atoms with Crippen LogP contribution in [0.25, 0.3) is 11.1 Å². The minimum absolute atomic E-state index is 0.290. The number of benzene rings is 3. The molecule has 0 aliphatic rings. The van der Waals surface area contributed by atoms with Crippen molar-refractivity contribution in [3.8, 4) is 16.9 Å². The fourth-order valence-corrected chi connectivity index (χ4v) is 2.86. The molecule has 0 saturated carbocycles. The third kappa shape index (κ3) is 5.16.